The number of hydrogen-bond donors (Lipinski definition) is 1. The Labute approximate surface area is 108 Å². The molecule has 6 heteroatoms. The molecule has 2 aromatic rings. The van der Waals surface area contributed by atoms with Gasteiger partial charge in [0.15, 0.2) is 0 Å². The van der Waals surface area contributed by atoms with Crippen molar-refractivity contribution >= 4 is 23.3 Å². The predicted molar refractivity (Wildman–Crippen MR) is 66.2 cm³/mol. The molecule has 0 aromatic carbocycles. The molecule has 0 unspecified atom stereocenters. The van der Waals surface area contributed by atoms with E-state index in [-0.39, 0.29) is 11.6 Å². The number of rotatable bonds is 2. The van der Waals surface area contributed by atoms with Gasteiger partial charge in [0.1, 0.15) is 17.6 Å². The third-order valence-corrected chi connectivity index (χ3v) is 2.32. The first-order chi connectivity index (χ1) is 8.69. The topological polar surface area (TPSA) is 78.7 Å². The van der Waals surface area contributed by atoms with E-state index in [4.69, 9.17) is 16.9 Å². The zero-order chi connectivity index (χ0) is 13.0. The number of amides is 1. The summed E-state index contributed by atoms with van der Waals surface area (Å²) in [4.78, 5) is 19.6. The van der Waals surface area contributed by atoms with Gasteiger partial charge in [-0.1, -0.05) is 11.6 Å². The molecule has 0 bridgehead atoms. The van der Waals surface area contributed by atoms with Gasteiger partial charge in [-0.05, 0) is 24.3 Å². The number of anilines is 1. The van der Waals surface area contributed by atoms with E-state index in [1.165, 1.54) is 18.5 Å². The fourth-order valence-corrected chi connectivity index (χ4v) is 1.34. The summed E-state index contributed by atoms with van der Waals surface area (Å²) in [5.74, 6) is -0.0281. The van der Waals surface area contributed by atoms with Crippen molar-refractivity contribution in [1.29, 1.82) is 5.26 Å². The van der Waals surface area contributed by atoms with E-state index in [1.807, 2.05) is 6.07 Å². The maximum atomic E-state index is 11.8. The Bertz CT molecular complexity index is 601. The van der Waals surface area contributed by atoms with Crippen LogP contribution in [0.5, 0.6) is 0 Å². The highest BCUT2D eigenvalue weighted by atomic mass is 35.5. The van der Waals surface area contributed by atoms with E-state index >= 15 is 0 Å². The number of carbonyl (C=O) groups is 1. The third-order valence-electron chi connectivity index (χ3n) is 2.09. The molecular formula is C12H7ClN4O. The molecule has 1 N–H and O–H groups in total. The summed E-state index contributed by atoms with van der Waals surface area (Å²) in [7, 11) is 0. The Hall–Kier alpha value is -2.45. The van der Waals surface area contributed by atoms with Crippen molar-refractivity contribution in [2.45, 2.75) is 0 Å². The first-order valence-corrected chi connectivity index (χ1v) is 5.36. The summed E-state index contributed by atoms with van der Waals surface area (Å²) in [6.45, 7) is 0. The number of carbonyl (C=O) groups excluding carboxylic acids is 1. The second-order valence-corrected chi connectivity index (χ2v) is 3.80. The molecule has 0 saturated heterocycles. The van der Waals surface area contributed by atoms with Gasteiger partial charge in [-0.25, -0.2) is 9.97 Å². The van der Waals surface area contributed by atoms with E-state index in [0.29, 0.717) is 16.4 Å². The molecule has 0 fully saturated rings. The number of halogens is 1. The van der Waals surface area contributed by atoms with Crippen LogP contribution in [0, 0.1) is 11.3 Å². The van der Waals surface area contributed by atoms with Crippen LogP contribution < -0.4 is 5.32 Å². The second-order valence-electron chi connectivity index (χ2n) is 3.36. The SMILES string of the molecule is N#Cc1ccc(NC(=O)c2ccc(Cl)cn2)nc1. The lowest BCUT2D eigenvalue weighted by Crippen LogP contribution is -2.14. The van der Waals surface area contributed by atoms with Crippen molar-refractivity contribution in [3.63, 3.8) is 0 Å². The zero-order valence-electron chi connectivity index (χ0n) is 9.09. The molecule has 88 valence electrons. The van der Waals surface area contributed by atoms with Crippen molar-refractivity contribution in [3.8, 4) is 6.07 Å². The van der Waals surface area contributed by atoms with Crippen molar-refractivity contribution < 1.29 is 4.79 Å². The molecule has 0 atom stereocenters. The smallest absolute Gasteiger partial charge is 0.275 e. The fourth-order valence-electron chi connectivity index (χ4n) is 1.22. The Morgan fingerprint density at radius 2 is 2.06 bits per heavy atom. The molecule has 0 radical (unpaired) electrons. The Kier molecular flexibility index (Phi) is 3.51. The van der Waals surface area contributed by atoms with Crippen LogP contribution in [0.15, 0.2) is 36.7 Å². The van der Waals surface area contributed by atoms with Gasteiger partial charge in [-0.15, -0.1) is 0 Å². The highest BCUT2D eigenvalue weighted by Gasteiger charge is 2.07. The predicted octanol–water partition coefficient (Wildman–Crippen LogP) is 2.25. The quantitative estimate of drug-likeness (QED) is 0.896. The average molecular weight is 259 g/mol. The van der Waals surface area contributed by atoms with Crippen LogP contribution in [0.1, 0.15) is 16.1 Å². The van der Waals surface area contributed by atoms with Crippen LogP contribution in [0.3, 0.4) is 0 Å². The van der Waals surface area contributed by atoms with Gasteiger partial charge in [0.05, 0.1) is 10.6 Å². The van der Waals surface area contributed by atoms with E-state index < -0.39 is 0 Å². The van der Waals surface area contributed by atoms with Gasteiger partial charge in [0.2, 0.25) is 0 Å². The number of pyridine rings is 2. The van der Waals surface area contributed by atoms with Gasteiger partial charge in [0, 0.05) is 12.4 Å². The number of nitrogens with zero attached hydrogens (tertiary/aromatic N) is 3. The number of hydrogen-bond acceptors (Lipinski definition) is 4. The highest BCUT2D eigenvalue weighted by Crippen LogP contribution is 2.09. The third kappa shape index (κ3) is 2.81. The van der Waals surface area contributed by atoms with Gasteiger partial charge in [-0.2, -0.15) is 5.26 Å². The van der Waals surface area contributed by atoms with E-state index in [1.54, 1.807) is 18.2 Å². The van der Waals surface area contributed by atoms with Crippen molar-refractivity contribution in [3.05, 3.63) is 52.9 Å². The lowest BCUT2D eigenvalue weighted by molar-refractivity contribution is 0.102. The standard InChI is InChI=1S/C12H7ClN4O/c13-9-2-3-10(15-7-9)12(18)17-11-4-1-8(5-14)6-16-11/h1-4,6-7H,(H,16,17,18). The molecule has 2 aromatic heterocycles. The maximum absolute atomic E-state index is 11.8. The highest BCUT2D eigenvalue weighted by molar-refractivity contribution is 6.30. The first kappa shape index (κ1) is 12.0. The van der Waals surface area contributed by atoms with E-state index in [0.717, 1.165) is 0 Å². The minimum absolute atomic E-state index is 0.241. The largest absolute Gasteiger partial charge is 0.305 e. The molecule has 2 rings (SSSR count). The van der Waals surface area contributed by atoms with Crippen molar-refractivity contribution in [2.75, 3.05) is 5.32 Å². The van der Waals surface area contributed by atoms with Crippen LogP contribution in [0.4, 0.5) is 5.82 Å². The Balaban J connectivity index is 2.11. The Morgan fingerprint density at radius 3 is 2.61 bits per heavy atom. The maximum Gasteiger partial charge on any atom is 0.275 e. The minimum atomic E-state index is -0.385. The minimum Gasteiger partial charge on any atom is -0.305 e. The molecule has 0 saturated carbocycles. The lowest BCUT2D eigenvalue weighted by Gasteiger charge is -2.03. The Morgan fingerprint density at radius 1 is 1.22 bits per heavy atom. The normalized spacial score (nSPS) is 9.56. The summed E-state index contributed by atoms with van der Waals surface area (Å²) in [5.41, 5.74) is 0.670. The molecule has 18 heavy (non-hydrogen) atoms. The van der Waals surface area contributed by atoms with Crippen molar-refractivity contribution in [2.24, 2.45) is 0 Å². The zero-order valence-corrected chi connectivity index (χ0v) is 9.85. The summed E-state index contributed by atoms with van der Waals surface area (Å²) in [6, 6.07) is 8.15. The molecule has 5 nitrogen and oxygen atoms in total. The molecule has 0 aliphatic carbocycles. The molecule has 0 aliphatic rings. The van der Waals surface area contributed by atoms with Gasteiger partial charge < -0.3 is 5.32 Å². The summed E-state index contributed by atoms with van der Waals surface area (Å²) >= 11 is 5.67. The molecular weight excluding hydrogens is 252 g/mol. The van der Waals surface area contributed by atoms with Crippen molar-refractivity contribution in [1.82, 2.24) is 9.97 Å². The second kappa shape index (κ2) is 5.25. The van der Waals surface area contributed by atoms with Gasteiger partial charge in [0.25, 0.3) is 5.91 Å². The summed E-state index contributed by atoms with van der Waals surface area (Å²) in [5, 5.41) is 11.6. The number of nitriles is 1. The van der Waals surface area contributed by atoms with Crippen LogP contribution in [-0.4, -0.2) is 15.9 Å². The van der Waals surface area contributed by atoms with Gasteiger partial charge in [-0.3, -0.25) is 4.79 Å². The molecule has 1 amide bonds. The number of aromatic nitrogens is 2. The van der Waals surface area contributed by atoms with Gasteiger partial charge >= 0.3 is 0 Å². The average Bonchev–Trinajstić information content (AvgIpc) is 2.40. The van der Waals surface area contributed by atoms with Crippen LogP contribution >= 0.6 is 11.6 Å². The lowest BCUT2D eigenvalue weighted by atomic mass is 10.3. The van der Waals surface area contributed by atoms with E-state index in [9.17, 15) is 4.79 Å². The molecule has 2 heterocycles. The molecule has 0 aliphatic heterocycles. The number of nitrogens with one attached hydrogen (secondary N) is 1. The summed E-state index contributed by atoms with van der Waals surface area (Å²) in [6.07, 6.45) is 2.77. The first-order valence-electron chi connectivity index (χ1n) is 4.98. The molecule has 0 spiro atoms. The fraction of sp³-hybridized carbons (Fsp3) is 0. The monoisotopic (exact) mass is 258 g/mol. The van der Waals surface area contributed by atoms with E-state index in [2.05, 4.69) is 15.3 Å². The summed E-state index contributed by atoms with van der Waals surface area (Å²) < 4.78 is 0. The van der Waals surface area contributed by atoms with Crippen LogP contribution in [-0.2, 0) is 0 Å². The van der Waals surface area contributed by atoms with Crippen LogP contribution in [0.25, 0.3) is 0 Å². The van der Waals surface area contributed by atoms with Crippen LogP contribution in [0.2, 0.25) is 5.02 Å².